The number of rotatable bonds is 6. The number of hydrogen-bond acceptors (Lipinski definition) is 2. The van der Waals surface area contributed by atoms with Crippen LogP contribution in [0.1, 0.15) is 33.6 Å². The van der Waals surface area contributed by atoms with Gasteiger partial charge in [0.05, 0.1) is 6.61 Å². The molecule has 96 valence electrons. The molecular weight excluding hydrogens is 222 g/mol. The molecule has 0 bridgehead atoms. The van der Waals surface area contributed by atoms with Crippen LogP contribution >= 0.6 is 11.6 Å². The molecule has 0 N–H and O–H groups in total. The van der Waals surface area contributed by atoms with Gasteiger partial charge in [0, 0.05) is 25.1 Å². The lowest BCUT2D eigenvalue weighted by Gasteiger charge is -2.33. The summed E-state index contributed by atoms with van der Waals surface area (Å²) in [4.78, 5) is 2.47. The molecule has 1 aliphatic heterocycles. The van der Waals surface area contributed by atoms with Crippen LogP contribution in [0.5, 0.6) is 0 Å². The van der Waals surface area contributed by atoms with Crippen molar-refractivity contribution in [2.24, 2.45) is 11.8 Å². The summed E-state index contributed by atoms with van der Waals surface area (Å²) in [5.41, 5.74) is 0. The third-order valence-electron chi connectivity index (χ3n) is 3.28. The molecule has 0 amide bonds. The van der Waals surface area contributed by atoms with Crippen LogP contribution in [0.2, 0.25) is 0 Å². The second-order valence-corrected chi connectivity index (χ2v) is 5.94. The van der Waals surface area contributed by atoms with Crippen LogP contribution in [0, 0.1) is 11.8 Å². The minimum absolute atomic E-state index is 0.373. The third-order valence-corrected chi connectivity index (χ3v) is 3.92. The first-order chi connectivity index (χ1) is 7.59. The zero-order valence-electron chi connectivity index (χ0n) is 10.9. The van der Waals surface area contributed by atoms with Gasteiger partial charge in [-0.1, -0.05) is 20.8 Å². The molecule has 0 saturated carbocycles. The lowest BCUT2D eigenvalue weighted by molar-refractivity contribution is 0.0822. The third kappa shape index (κ3) is 5.51. The van der Waals surface area contributed by atoms with E-state index in [9.17, 15) is 0 Å². The van der Waals surface area contributed by atoms with Crippen LogP contribution in [0.15, 0.2) is 0 Å². The molecule has 0 radical (unpaired) electrons. The number of hydrogen-bond donors (Lipinski definition) is 0. The summed E-state index contributed by atoms with van der Waals surface area (Å²) >= 11 is 6.19. The second kappa shape index (κ2) is 7.52. The molecule has 2 atom stereocenters. The van der Waals surface area contributed by atoms with Crippen molar-refractivity contribution in [3.05, 3.63) is 0 Å². The molecule has 3 heteroatoms. The number of halogens is 1. The largest absolute Gasteiger partial charge is 0.380 e. The maximum atomic E-state index is 6.19. The Morgan fingerprint density at radius 1 is 1.38 bits per heavy atom. The molecule has 0 aliphatic carbocycles. The quantitative estimate of drug-likeness (QED) is 0.529. The molecular formula is C13H26ClNO. The van der Waals surface area contributed by atoms with E-state index in [1.54, 1.807) is 0 Å². The van der Waals surface area contributed by atoms with Crippen molar-refractivity contribution in [3.63, 3.8) is 0 Å². The minimum atomic E-state index is 0.373. The summed E-state index contributed by atoms with van der Waals surface area (Å²) in [5, 5.41) is 0.373. The van der Waals surface area contributed by atoms with Gasteiger partial charge in [-0.25, -0.2) is 0 Å². The standard InChI is InChI=1S/C13H26ClNO/c1-11(2)5-8-16-9-7-15-6-4-13(14)12(3)10-15/h11-13H,4-10H2,1-3H3. The van der Waals surface area contributed by atoms with Crippen molar-refractivity contribution < 1.29 is 4.74 Å². The summed E-state index contributed by atoms with van der Waals surface area (Å²) in [5.74, 6) is 1.36. The van der Waals surface area contributed by atoms with Crippen LogP contribution in [0.4, 0.5) is 0 Å². The van der Waals surface area contributed by atoms with E-state index in [1.165, 1.54) is 6.42 Å². The fourth-order valence-corrected chi connectivity index (χ4v) is 2.20. The normalized spacial score (nSPS) is 27.6. The van der Waals surface area contributed by atoms with E-state index in [0.29, 0.717) is 11.3 Å². The molecule has 1 saturated heterocycles. The molecule has 1 rings (SSSR count). The Labute approximate surface area is 105 Å². The Hall–Kier alpha value is 0.210. The molecule has 1 heterocycles. The number of likely N-dealkylation sites (tertiary alicyclic amines) is 1. The molecule has 16 heavy (non-hydrogen) atoms. The topological polar surface area (TPSA) is 12.5 Å². The molecule has 0 aromatic heterocycles. The number of piperidine rings is 1. The van der Waals surface area contributed by atoms with Gasteiger partial charge in [0.15, 0.2) is 0 Å². The zero-order valence-corrected chi connectivity index (χ0v) is 11.7. The maximum Gasteiger partial charge on any atom is 0.0593 e. The van der Waals surface area contributed by atoms with Crippen molar-refractivity contribution in [2.45, 2.75) is 39.0 Å². The molecule has 0 aromatic rings. The first kappa shape index (κ1) is 14.3. The van der Waals surface area contributed by atoms with E-state index in [-0.39, 0.29) is 0 Å². The molecule has 0 spiro atoms. The van der Waals surface area contributed by atoms with Crippen LogP contribution in [-0.2, 0) is 4.74 Å². The van der Waals surface area contributed by atoms with Crippen LogP contribution in [0.25, 0.3) is 0 Å². The van der Waals surface area contributed by atoms with Gasteiger partial charge in [0.25, 0.3) is 0 Å². The Balaban J connectivity index is 2.01. The number of nitrogens with zero attached hydrogens (tertiary/aromatic N) is 1. The van der Waals surface area contributed by atoms with Gasteiger partial charge in [-0.05, 0) is 31.2 Å². The highest BCUT2D eigenvalue weighted by atomic mass is 35.5. The Morgan fingerprint density at radius 2 is 2.12 bits per heavy atom. The van der Waals surface area contributed by atoms with Gasteiger partial charge in [-0.3, -0.25) is 0 Å². The van der Waals surface area contributed by atoms with E-state index < -0.39 is 0 Å². The lowest BCUT2D eigenvalue weighted by atomic mass is 10.00. The minimum Gasteiger partial charge on any atom is -0.380 e. The molecule has 2 nitrogen and oxygen atoms in total. The van der Waals surface area contributed by atoms with Crippen molar-refractivity contribution in [1.82, 2.24) is 4.90 Å². The summed E-state index contributed by atoms with van der Waals surface area (Å²) < 4.78 is 5.63. The summed E-state index contributed by atoms with van der Waals surface area (Å²) in [6.45, 7) is 11.8. The van der Waals surface area contributed by atoms with E-state index in [0.717, 1.165) is 45.2 Å². The number of ether oxygens (including phenoxy) is 1. The zero-order chi connectivity index (χ0) is 12.0. The SMILES string of the molecule is CC(C)CCOCCN1CCC(Cl)C(C)C1. The maximum absolute atomic E-state index is 6.19. The smallest absolute Gasteiger partial charge is 0.0593 e. The first-order valence-corrected chi connectivity index (χ1v) is 6.97. The predicted molar refractivity (Wildman–Crippen MR) is 70.1 cm³/mol. The van der Waals surface area contributed by atoms with Gasteiger partial charge < -0.3 is 9.64 Å². The average molecular weight is 248 g/mol. The van der Waals surface area contributed by atoms with E-state index >= 15 is 0 Å². The van der Waals surface area contributed by atoms with Crippen molar-refractivity contribution in [1.29, 1.82) is 0 Å². The first-order valence-electron chi connectivity index (χ1n) is 6.53. The molecule has 1 aliphatic rings. The van der Waals surface area contributed by atoms with E-state index in [1.807, 2.05) is 0 Å². The van der Waals surface area contributed by atoms with Crippen molar-refractivity contribution in [2.75, 3.05) is 32.8 Å². The lowest BCUT2D eigenvalue weighted by Crippen LogP contribution is -2.41. The van der Waals surface area contributed by atoms with Gasteiger partial charge in [0.2, 0.25) is 0 Å². The van der Waals surface area contributed by atoms with Gasteiger partial charge in [-0.2, -0.15) is 0 Å². The van der Waals surface area contributed by atoms with Crippen molar-refractivity contribution in [3.8, 4) is 0 Å². The summed E-state index contributed by atoms with van der Waals surface area (Å²) in [6.07, 6.45) is 2.29. The Morgan fingerprint density at radius 3 is 2.75 bits per heavy atom. The summed E-state index contributed by atoms with van der Waals surface area (Å²) in [7, 11) is 0. The van der Waals surface area contributed by atoms with Crippen LogP contribution < -0.4 is 0 Å². The van der Waals surface area contributed by atoms with Gasteiger partial charge in [-0.15, -0.1) is 11.6 Å². The highest BCUT2D eigenvalue weighted by Crippen LogP contribution is 2.21. The Bertz CT molecular complexity index is 187. The average Bonchev–Trinajstić information content (AvgIpc) is 2.22. The molecule has 2 unspecified atom stereocenters. The molecule has 0 aromatic carbocycles. The molecule has 1 fully saturated rings. The highest BCUT2D eigenvalue weighted by Gasteiger charge is 2.23. The predicted octanol–water partition coefficient (Wildman–Crippen LogP) is 3.00. The monoisotopic (exact) mass is 247 g/mol. The van der Waals surface area contributed by atoms with Gasteiger partial charge >= 0.3 is 0 Å². The van der Waals surface area contributed by atoms with E-state index in [2.05, 4.69) is 25.7 Å². The fourth-order valence-electron chi connectivity index (χ4n) is 2.02. The van der Waals surface area contributed by atoms with Gasteiger partial charge in [0.1, 0.15) is 0 Å². The van der Waals surface area contributed by atoms with Crippen molar-refractivity contribution >= 4 is 11.6 Å². The second-order valence-electron chi connectivity index (χ2n) is 5.38. The fraction of sp³-hybridized carbons (Fsp3) is 1.00. The van der Waals surface area contributed by atoms with E-state index in [4.69, 9.17) is 16.3 Å². The summed E-state index contributed by atoms with van der Waals surface area (Å²) in [6, 6.07) is 0. The highest BCUT2D eigenvalue weighted by molar-refractivity contribution is 6.20. The van der Waals surface area contributed by atoms with Crippen LogP contribution in [-0.4, -0.2) is 43.1 Å². The number of alkyl halides is 1. The Kier molecular flexibility index (Phi) is 6.71. The van der Waals surface area contributed by atoms with Crippen LogP contribution in [0.3, 0.4) is 0 Å².